The number of nitrogens with zero attached hydrogens (tertiary/aromatic N) is 4. The topological polar surface area (TPSA) is 61.7 Å². The van der Waals surface area contributed by atoms with E-state index in [-0.39, 0.29) is 6.04 Å². The van der Waals surface area contributed by atoms with Gasteiger partial charge in [0.05, 0.1) is 18.4 Å². The molecule has 5 nitrogen and oxygen atoms in total. The van der Waals surface area contributed by atoms with Crippen molar-refractivity contribution in [1.82, 2.24) is 19.6 Å². The van der Waals surface area contributed by atoms with Gasteiger partial charge in [0.1, 0.15) is 0 Å². The molecular weight excluding hydrogens is 226 g/mol. The molecule has 0 saturated heterocycles. The molecule has 0 bridgehead atoms. The van der Waals surface area contributed by atoms with Gasteiger partial charge in [-0.15, -0.1) is 0 Å². The van der Waals surface area contributed by atoms with E-state index in [1.807, 2.05) is 40.9 Å². The van der Waals surface area contributed by atoms with Crippen molar-refractivity contribution in [3.8, 4) is 0 Å². The Kier molecular flexibility index (Phi) is 3.81. The summed E-state index contributed by atoms with van der Waals surface area (Å²) in [6, 6.07) is 2.51. The fourth-order valence-electron chi connectivity index (χ4n) is 1.76. The maximum absolute atomic E-state index is 5.81. The molecule has 0 saturated carbocycles. The molecule has 2 unspecified atom stereocenters. The highest BCUT2D eigenvalue weighted by molar-refractivity contribution is 5.09. The number of nitrogens with two attached hydrogens (primary N) is 1. The monoisotopic (exact) mass is 247 g/mol. The lowest BCUT2D eigenvalue weighted by Crippen LogP contribution is -2.07. The first kappa shape index (κ1) is 12.8. The van der Waals surface area contributed by atoms with Gasteiger partial charge in [-0.25, -0.2) is 0 Å². The normalized spacial score (nSPS) is 14.7. The van der Waals surface area contributed by atoms with Gasteiger partial charge in [0.25, 0.3) is 0 Å². The standard InChI is InChI=1S/C13H21N5/c1-4-10(2)18-6-5-13(16-18)9-17-8-12(7-15-17)11(3)14/h5-8,10-11H,4,9,14H2,1-3H3. The second-order valence-electron chi connectivity index (χ2n) is 4.80. The lowest BCUT2D eigenvalue weighted by Gasteiger charge is -2.08. The lowest BCUT2D eigenvalue weighted by atomic mass is 10.2. The van der Waals surface area contributed by atoms with E-state index in [2.05, 4.69) is 24.0 Å². The van der Waals surface area contributed by atoms with Crippen molar-refractivity contribution in [2.45, 2.75) is 45.8 Å². The van der Waals surface area contributed by atoms with Crippen LogP contribution in [0.5, 0.6) is 0 Å². The minimum absolute atomic E-state index is 0.0245. The molecule has 0 aliphatic rings. The van der Waals surface area contributed by atoms with Crippen LogP contribution in [0.15, 0.2) is 24.7 Å². The molecule has 2 aromatic rings. The molecule has 0 amide bonds. The fourth-order valence-corrected chi connectivity index (χ4v) is 1.76. The highest BCUT2D eigenvalue weighted by Gasteiger charge is 2.07. The zero-order valence-electron chi connectivity index (χ0n) is 11.2. The van der Waals surface area contributed by atoms with E-state index >= 15 is 0 Å². The summed E-state index contributed by atoms with van der Waals surface area (Å²) >= 11 is 0. The van der Waals surface area contributed by atoms with Crippen LogP contribution in [0.25, 0.3) is 0 Å². The van der Waals surface area contributed by atoms with Gasteiger partial charge in [0, 0.05) is 30.0 Å². The Morgan fingerprint density at radius 2 is 2.17 bits per heavy atom. The highest BCUT2D eigenvalue weighted by Crippen LogP contribution is 2.11. The third-order valence-electron chi connectivity index (χ3n) is 3.21. The van der Waals surface area contributed by atoms with Gasteiger partial charge in [0.2, 0.25) is 0 Å². The Morgan fingerprint density at radius 1 is 1.39 bits per heavy atom. The van der Waals surface area contributed by atoms with Crippen molar-refractivity contribution >= 4 is 0 Å². The van der Waals surface area contributed by atoms with Crippen molar-refractivity contribution in [2.24, 2.45) is 5.73 Å². The molecule has 2 rings (SSSR count). The molecule has 0 radical (unpaired) electrons. The molecule has 5 heteroatoms. The number of hydrogen-bond acceptors (Lipinski definition) is 3. The van der Waals surface area contributed by atoms with E-state index < -0.39 is 0 Å². The average molecular weight is 247 g/mol. The molecule has 2 N–H and O–H groups in total. The van der Waals surface area contributed by atoms with E-state index in [0.29, 0.717) is 12.6 Å². The first-order valence-electron chi connectivity index (χ1n) is 6.42. The summed E-state index contributed by atoms with van der Waals surface area (Å²) in [5, 5.41) is 8.85. The quantitative estimate of drug-likeness (QED) is 0.880. The summed E-state index contributed by atoms with van der Waals surface area (Å²) in [5.74, 6) is 0. The van der Waals surface area contributed by atoms with E-state index in [0.717, 1.165) is 17.7 Å². The second-order valence-corrected chi connectivity index (χ2v) is 4.80. The van der Waals surface area contributed by atoms with Crippen LogP contribution in [0.2, 0.25) is 0 Å². The average Bonchev–Trinajstić information content (AvgIpc) is 2.98. The molecule has 0 aromatic carbocycles. The van der Waals surface area contributed by atoms with Gasteiger partial charge in [-0.1, -0.05) is 6.92 Å². The SMILES string of the molecule is CCC(C)n1ccc(Cn2cc(C(C)N)cn2)n1. The predicted octanol–water partition coefficient (Wildman–Crippen LogP) is 2.12. The van der Waals surface area contributed by atoms with Crippen LogP contribution in [-0.4, -0.2) is 19.6 Å². The Balaban J connectivity index is 2.06. The molecule has 98 valence electrons. The summed E-state index contributed by atoms with van der Waals surface area (Å²) in [7, 11) is 0. The summed E-state index contributed by atoms with van der Waals surface area (Å²) < 4.78 is 3.88. The molecule has 0 spiro atoms. The van der Waals surface area contributed by atoms with Crippen molar-refractivity contribution in [2.75, 3.05) is 0 Å². The molecule has 2 heterocycles. The zero-order valence-corrected chi connectivity index (χ0v) is 11.2. The Labute approximate surface area is 108 Å². The highest BCUT2D eigenvalue weighted by atomic mass is 15.3. The predicted molar refractivity (Wildman–Crippen MR) is 71.2 cm³/mol. The van der Waals surface area contributed by atoms with Crippen LogP contribution in [0.1, 0.15) is 50.5 Å². The van der Waals surface area contributed by atoms with Gasteiger partial charge >= 0.3 is 0 Å². The summed E-state index contributed by atoms with van der Waals surface area (Å²) in [5.41, 5.74) is 7.88. The van der Waals surface area contributed by atoms with Crippen LogP contribution in [-0.2, 0) is 6.54 Å². The number of hydrogen-bond donors (Lipinski definition) is 1. The summed E-state index contributed by atoms with van der Waals surface area (Å²) in [6.45, 7) is 6.97. The van der Waals surface area contributed by atoms with Crippen molar-refractivity contribution < 1.29 is 0 Å². The van der Waals surface area contributed by atoms with Gasteiger partial charge in [-0.05, 0) is 26.3 Å². The van der Waals surface area contributed by atoms with Gasteiger partial charge in [-0.3, -0.25) is 9.36 Å². The van der Waals surface area contributed by atoms with Gasteiger partial charge in [0.15, 0.2) is 0 Å². The van der Waals surface area contributed by atoms with E-state index in [9.17, 15) is 0 Å². The minimum atomic E-state index is 0.0245. The maximum Gasteiger partial charge on any atom is 0.0849 e. The van der Waals surface area contributed by atoms with E-state index in [4.69, 9.17) is 5.73 Å². The second kappa shape index (κ2) is 5.35. The number of aromatic nitrogens is 4. The smallest absolute Gasteiger partial charge is 0.0849 e. The molecule has 18 heavy (non-hydrogen) atoms. The summed E-state index contributed by atoms with van der Waals surface area (Å²) in [4.78, 5) is 0. The van der Waals surface area contributed by atoms with Crippen LogP contribution in [0.4, 0.5) is 0 Å². The Morgan fingerprint density at radius 3 is 2.78 bits per heavy atom. The molecule has 2 atom stereocenters. The van der Waals surface area contributed by atoms with E-state index in [1.54, 1.807) is 0 Å². The third kappa shape index (κ3) is 2.79. The fraction of sp³-hybridized carbons (Fsp3) is 0.538. The summed E-state index contributed by atoms with van der Waals surface area (Å²) in [6.07, 6.45) is 6.90. The van der Waals surface area contributed by atoms with Gasteiger partial charge < -0.3 is 5.73 Å². The molecule has 0 aliphatic carbocycles. The number of rotatable bonds is 5. The van der Waals surface area contributed by atoms with Gasteiger partial charge in [-0.2, -0.15) is 10.2 Å². The Hall–Kier alpha value is -1.62. The van der Waals surface area contributed by atoms with Crippen molar-refractivity contribution in [3.63, 3.8) is 0 Å². The van der Waals surface area contributed by atoms with Crippen LogP contribution >= 0.6 is 0 Å². The largest absolute Gasteiger partial charge is 0.324 e. The van der Waals surface area contributed by atoms with Crippen molar-refractivity contribution in [3.05, 3.63) is 35.9 Å². The maximum atomic E-state index is 5.81. The molecule has 0 fully saturated rings. The minimum Gasteiger partial charge on any atom is -0.324 e. The van der Waals surface area contributed by atoms with Crippen LogP contribution in [0, 0.1) is 0 Å². The molecular formula is C13H21N5. The zero-order chi connectivity index (χ0) is 13.1. The van der Waals surface area contributed by atoms with E-state index in [1.165, 1.54) is 0 Å². The third-order valence-corrected chi connectivity index (χ3v) is 3.21. The molecule has 0 aliphatic heterocycles. The lowest BCUT2D eigenvalue weighted by molar-refractivity contribution is 0.471. The van der Waals surface area contributed by atoms with Crippen molar-refractivity contribution in [1.29, 1.82) is 0 Å². The van der Waals surface area contributed by atoms with Crippen LogP contribution in [0.3, 0.4) is 0 Å². The first-order valence-corrected chi connectivity index (χ1v) is 6.42. The first-order chi connectivity index (χ1) is 8.60. The Bertz CT molecular complexity index is 497. The molecule has 2 aromatic heterocycles. The van der Waals surface area contributed by atoms with Crippen LogP contribution < -0.4 is 5.73 Å².